The predicted octanol–water partition coefficient (Wildman–Crippen LogP) is 3.58. The third kappa shape index (κ3) is 4.97. The van der Waals surface area contributed by atoms with Gasteiger partial charge in [0.05, 0.1) is 34.3 Å². The van der Waals surface area contributed by atoms with Crippen LogP contribution >= 0.6 is 15.9 Å². The molecule has 0 saturated heterocycles. The maximum atomic E-state index is 12.0. The van der Waals surface area contributed by atoms with Crippen molar-refractivity contribution in [1.82, 2.24) is 0 Å². The molecule has 25 heavy (non-hydrogen) atoms. The lowest BCUT2D eigenvalue weighted by Crippen LogP contribution is -2.18. The summed E-state index contributed by atoms with van der Waals surface area (Å²) in [6.45, 7) is 1.82. The van der Waals surface area contributed by atoms with E-state index >= 15 is 0 Å². The minimum atomic E-state index is -0.629. The van der Waals surface area contributed by atoms with Crippen LogP contribution in [0.1, 0.15) is 18.1 Å². The van der Waals surface area contributed by atoms with Gasteiger partial charge >= 0.3 is 5.97 Å². The first-order valence-electron chi connectivity index (χ1n) is 7.27. The molecule has 0 atom stereocenters. The highest BCUT2D eigenvalue weighted by molar-refractivity contribution is 9.10. The molecule has 0 aliphatic heterocycles. The minimum Gasteiger partial charge on any atom is -0.490 e. The molecule has 2 aromatic rings. The smallest absolute Gasteiger partial charge is 0.349 e. The highest BCUT2D eigenvalue weighted by Gasteiger charge is 2.16. The number of esters is 1. The third-order valence-electron chi connectivity index (χ3n) is 2.99. The Balaban J connectivity index is 2.06. The van der Waals surface area contributed by atoms with E-state index in [1.807, 2.05) is 12.1 Å². The molecular formula is C18H13BrN2O4. The van der Waals surface area contributed by atoms with Crippen LogP contribution in [-0.2, 0) is 4.79 Å². The largest absolute Gasteiger partial charge is 0.490 e. The summed E-state index contributed by atoms with van der Waals surface area (Å²) in [7, 11) is 0. The van der Waals surface area contributed by atoms with Gasteiger partial charge in [-0.3, -0.25) is 0 Å². The van der Waals surface area contributed by atoms with Crippen LogP contribution in [0.3, 0.4) is 0 Å². The van der Waals surface area contributed by atoms with Crippen molar-refractivity contribution in [2.75, 3.05) is 13.2 Å². The van der Waals surface area contributed by atoms with Crippen molar-refractivity contribution < 1.29 is 19.0 Å². The van der Waals surface area contributed by atoms with E-state index in [2.05, 4.69) is 15.9 Å². The molecule has 2 rings (SSSR count). The number of hydrogen-bond acceptors (Lipinski definition) is 6. The van der Waals surface area contributed by atoms with Gasteiger partial charge < -0.3 is 14.2 Å². The van der Waals surface area contributed by atoms with Crippen LogP contribution in [-0.4, -0.2) is 19.2 Å². The summed E-state index contributed by atoms with van der Waals surface area (Å²) >= 11 is 3.27. The summed E-state index contributed by atoms with van der Waals surface area (Å²) < 4.78 is 16.5. The molecule has 0 aliphatic carbocycles. The first-order chi connectivity index (χ1) is 12.1. The molecule has 6 nitrogen and oxygen atoms in total. The van der Waals surface area contributed by atoms with Crippen molar-refractivity contribution >= 4 is 21.9 Å². The van der Waals surface area contributed by atoms with Crippen molar-refractivity contribution in [2.24, 2.45) is 0 Å². The lowest BCUT2D eigenvalue weighted by molar-refractivity contribution is -0.136. The lowest BCUT2D eigenvalue weighted by atomic mass is 10.2. The van der Waals surface area contributed by atoms with Gasteiger partial charge in [-0.25, -0.2) is 4.79 Å². The number of halogens is 1. The van der Waals surface area contributed by atoms with Crippen molar-refractivity contribution in [2.45, 2.75) is 6.92 Å². The van der Waals surface area contributed by atoms with Crippen molar-refractivity contribution in [1.29, 1.82) is 10.5 Å². The van der Waals surface area contributed by atoms with Crippen LogP contribution in [0.5, 0.6) is 17.2 Å². The Hall–Kier alpha value is -3.03. The normalized spacial score (nSPS) is 9.60. The molecule has 0 fully saturated rings. The first kappa shape index (κ1) is 18.3. The standard InChI is InChI=1S/C18H13BrN2O4/c1-2-23-16-8-13(10-21)7-15(19)18(16)25-17(22)11-24-14-5-3-12(9-20)4-6-14/h3-8H,2,11H2,1H3. The van der Waals surface area contributed by atoms with Crippen molar-refractivity contribution in [3.8, 4) is 29.4 Å². The summed E-state index contributed by atoms with van der Waals surface area (Å²) in [5, 5.41) is 17.7. The zero-order chi connectivity index (χ0) is 18.2. The van der Waals surface area contributed by atoms with Crippen molar-refractivity contribution in [3.05, 3.63) is 52.0 Å². The SMILES string of the molecule is CCOc1cc(C#N)cc(Br)c1OC(=O)COc1ccc(C#N)cc1. The maximum absolute atomic E-state index is 12.0. The van der Waals surface area contributed by atoms with Gasteiger partial charge in [0.25, 0.3) is 0 Å². The van der Waals surface area contributed by atoms with Crippen molar-refractivity contribution in [3.63, 3.8) is 0 Å². The van der Waals surface area contributed by atoms with Gasteiger partial charge in [-0.05, 0) is 53.2 Å². The monoisotopic (exact) mass is 400 g/mol. The van der Waals surface area contributed by atoms with E-state index in [0.29, 0.717) is 33.7 Å². The average molecular weight is 401 g/mol. The van der Waals surface area contributed by atoms with Crippen LogP contribution in [0.15, 0.2) is 40.9 Å². The van der Waals surface area contributed by atoms with Gasteiger partial charge in [0.1, 0.15) is 5.75 Å². The van der Waals surface area contributed by atoms with Gasteiger partial charge in [0.15, 0.2) is 18.1 Å². The molecule has 0 aromatic heterocycles. The molecule has 0 heterocycles. The zero-order valence-electron chi connectivity index (χ0n) is 13.3. The van der Waals surface area contributed by atoms with Crippen LogP contribution in [0.4, 0.5) is 0 Å². The van der Waals surface area contributed by atoms with E-state index in [1.54, 1.807) is 31.2 Å². The molecule has 2 aromatic carbocycles. The highest BCUT2D eigenvalue weighted by Crippen LogP contribution is 2.36. The molecule has 126 valence electrons. The van der Waals surface area contributed by atoms with E-state index in [0.717, 1.165) is 0 Å². The summed E-state index contributed by atoms with van der Waals surface area (Å²) in [5.74, 6) is 0.296. The van der Waals surface area contributed by atoms with E-state index in [-0.39, 0.29) is 12.4 Å². The second-order valence-electron chi connectivity index (χ2n) is 4.73. The molecule has 0 saturated carbocycles. The fourth-order valence-electron chi connectivity index (χ4n) is 1.91. The number of nitriles is 2. The van der Waals surface area contributed by atoms with Gasteiger partial charge in [0, 0.05) is 6.07 Å². The van der Waals surface area contributed by atoms with Crippen LogP contribution < -0.4 is 14.2 Å². The summed E-state index contributed by atoms with van der Waals surface area (Å²) in [6.07, 6.45) is 0. The zero-order valence-corrected chi connectivity index (χ0v) is 14.9. The number of nitrogens with zero attached hydrogens (tertiary/aromatic N) is 2. The number of ether oxygens (including phenoxy) is 3. The van der Waals surface area contributed by atoms with E-state index < -0.39 is 5.97 Å². The highest BCUT2D eigenvalue weighted by atomic mass is 79.9. The third-order valence-corrected chi connectivity index (χ3v) is 3.58. The van der Waals surface area contributed by atoms with Gasteiger partial charge in [-0.2, -0.15) is 10.5 Å². The molecule has 0 amide bonds. The Bertz CT molecular complexity index is 851. The molecule has 0 spiro atoms. The van der Waals surface area contributed by atoms with E-state index in [1.165, 1.54) is 12.1 Å². The lowest BCUT2D eigenvalue weighted by Gasteiger charge is -2.13. The van der Waals surface area contributed by atoms with E-state index in [9.17, 15) is 4.79 Å². The van der Waals surface area contributed by atoms with Gasteiger partial charge in [-0.15, -0.1) is 0 Å². The number of carbonyl (C=O) groups excluding carboxylic acids is 1. The van der Waals surface area contributed by atoms with Crippen LogP contribution in [0.2, 0.25) is 0 Å². The Kier molecular flexibility index (Phi) is 6.39. The fraction of sp³-hybridized carbons (Fsp3) is 0.167. The molecular weight excluding hydrogens is 388 g/mol. The Labute approximate surface area is 153 Å². The maximum Gasteiger partial charge on any atom is 0.349 e. The van der Waals surface area contributed by atoms with Crippen LogP contribution in [0, 0.1) is 22.7 Å². The molecule has 0 aliphatic rings. The average Bonchev–Trinajstić information content (AvgIpc) is 2.63. The quantitative estimate of drug-likeness (QED) is 0.543. The molecule has 0 unspecified atom stereocenters. The minimum absolute atomic E-state index is 0.189. The molecule has 0 bridgehead atoms. The molecule has 7 heteroatoms. The van der Waals surface area contributed by atoms with Crippen LogP contribution in [0.25, 0.3) is 0 Å². The topological polar surface area (TPSA) is 92.3 Å². The fourth-order valence-corrected chi connectivity index (χ4v) is 2.43. The Morgan fingerprint density at radius 2 is 1.76 bits per heavy atom. The van der Waals surface area contributed by atoms with E-state index in [4.69, 9.17) is 24.7 Å². The van der Waals surface area contributed by atoms with Gasteiger partial charge in [0.2, 0.25) is 0 Å². The summed E-state index contributed by atoms with van der Waals surface area (Å²) in [5.41, 5.74) is 0.877. The van der Waals surface area contributed by atoms with Gasteiger partial charge in [-0.1, -0.05) is 0 Å². The summed E-state index contributed by atoms with van der Waals surface area (Å²) in [4.78, 5) is 12.0. The second-order valence-corrected chi connectivity index (χ2v) is 5.58. The number of hydrogen-bond donors (Lipinski definition) is 0. The second kappa shape index (κ2) is 8.72. The Morgan fingerprint density at radius 1 is 1.08 bits per heavy atom. The Morgan fingerprint density at radius 3 is 2.36 bits per heavy atom. The predicted molar refractivity (Wildman–Crippen MR) is 92.3 cm³/mol. The number of carbonyl (C=O) groups is 1. The number of rotatable bonds is 6. The first-order valence-corrected chi connectivity index (χ1v) is 8.06. The number of benzene rings is 2. The molecule has 0 radical (unpaired) electrons. The molecule has 0 N–H and O–H groups in total. The summed E-state index contributed by atoms with van der Waals surface area (Å²) in [6, 6.07) is 13.4.